The van der Waals surface area contributed by atoms with Crippen molar-refractivity contribution in [3.05, 3.63) is 30.1 Å². The van der Waals surface area contributed by atoms with Crippen LogP contribution in [0.4, 0.5) is 0 Å². The first-order valence-corrected chi connectivity index (χ1v) is 7.80. The Labute approximate surface area is 145 Å². The smallest absolute Gasteiger partial charge is 0.335 e. The fraction of sp³-hybridized carbons (Fsp3) is 0.562. The van der Waals surface area contributed by atoms with Gasteiger partial charge in [0, 0.05) is 18.4 Å². The van der Waals surface area contributed by atoms with Gasteiger partial charge in [-0.15, -0.1) is 0 Å². The average Bonchev–Trinajstić information content (AvgIpc) is 3.06. The number of likely N-dealkylation sites (tertiary alicyclic amines) is 1. The van der Waals surface area contributed by atoms with Crippen LogP contribution in [-0.4, -0.2) is 85.7 Å². The third kappa shape index (κ3) is 6.15. The van der Waals surface area contributed by atoms with Crippen molar-refractivity contribution in [2.45, 2.75) is 43.3 Å². The van der Waals surface area contributed by atoms with Crippen molar-refractivity contribution in [3.8, 4) is 0 Å². The molecule has 5 atom stereocenters. The normalized spacial score (nSPS) is 22.2. The summed E-state index contributed by atoms with van der Waals surface area (Å²) in [5, 5.41) is 43.2. The zero-order valence-corrected chi connectivity index (χ0v) is 13.8. The van der Waals surface area contributed by atoms with Crippen molar-refractivity contribution in [1.29, 1.82) is 0 Å². The number of carbonyl (C=O) groups is 2. The van der Waals surface area contributed by atoms with Gasteiger partial charge in [0.05, 0.1) is 0 Å². The molecule has 1 aliphatic rings. The van der Waals surface area contributed by atoms with Gasteiger partial charge in [0.15, 0.2) is 12.4 Å². The Morgan fingerprint density at radius 1 is 1.32 bits per heavy atom. The number of hydrogen-bond donors (Lipinski definition) is 5. The first-order valence-electron chi connectivity index (χ1n) is 7.80. The molecule has 2 rings (SSSR count). The fourth-order valence-corrected chi connectivity index (χ4v) is 2.52. The van der Waals surface area contributed by atoms with Gasteiger partial charge < -0.3 is 30.3 Å². The van der Waals surface area contributed by atoms with Crippen molar-refractivity contribution in [1.82, 2.24) is 9.88 Å². The molecule has 0 aromatic carbocycles. The van der Waals surface area contributed by atoms with E-state index in [2.05, 4.69) is 23.0 Å². The molecule has 9 nitrogen and oxygen atoms in total. The monoisotopic (exact) mass is 356 g/mol. The number of hydrogen-bond acceptors (Lipinski definition) is 8. The van der Waals surface area contributed by atoms with Gasteiger partial charge in [0.25, 0.3) is 0 Å². The number of carboxylic acid groups (broad SMARTS) is 1. The van der Waals surface area contributed by atoms with Gasteiger partial charge in [-0.3, -0.25) is 9.88 Å². The predicted molar refractivity (Wildman–Crippen MR) is 86.6 cm³/mol. The second kappa shape index (κ2) is 10.2. The van der Waals surface area contributed by atoms with Crippen LogP contribution in [0, 0.1) is 0 Å². The topological polar surface area (TPSA) is 151 Å². The number of carboxylic acids is 1. The number of aliphatic carboxylic acids is 1. The van der Waals surface area contributed by atoms with Crippen molar-refractivity contribution in [2.75, 3.05) is 13.6 Å². The lowest BCUT2D eigenvalue weighted by atomic mass is 10.0. The van der Waals surface area contributed by atoms with Crippen molar-refractivity contribution in [3.63, 3.8) is 0 Å². The van der Waals surface area contributed by atoms with E-state index >= 15 is 0 Å². The maximum Gasteiger partial charge on any atom is 0.335 e. The summed E-state index contributed by atoms with van der Waals surface area (Å²) in [7, 11) is 2.19. The Balaban J connectivity index is 0.000000250. The van der Waals surface area contributed by atoms with Gasteiger partial charge in [-0.2, -0.15) is 0 Å². The van der Waals surface area contributed by atoms with E-state index in [1.807, 2.05) is 18.5 Å². The SMILES string of the molecule is CN1CCC[C@H]1c1cccnc1.O=C[C@H](O)[C@@H](O)[C@H](O)[C@H](O)C(=O)O. The minimum atomic E-state index is -2.25. The summed E-state index contributed by atoms with van der Waals surface area (Å²) in [5.41, 5.74) is 1.36. The second-order valence-electron chi connectivity index (χ2n) is 5.82. The van der Waals surface area contributed by atoms with Crippen LogP contribution in [0.1, 0.15) is 24.4 Å². The van der Waals surface area contributed by atoms with E-state index in [9.17, 15) is 9.59 Å². The Morgan fingerprint density at radius 3 is 2.44 bits per heavy atom. The van der Waals surface area contributed by atoms with E-state index in [4.69, 9.17) is 25.5 Å². The highest BCUT2D eigenvalue weighted by Crippen LogP contribution is 2.29. The van der Waals surface area contributed by atoms with E-state index < -0.39 is 30.4 Å². The Bertz CT molecular complexity index is 543. The van der Waals surface area contributed by atoms with E-state index in [0.29, 0.717) is 6.04 Å². The first-order chi connectivity index (χ1) is 11.8. The second-order valence-corrected chi connectivity index (χ2v) is 5.82. The van der Waals surface area contributed by atoms with Crippen LogP contribution in [0.3, 0.4) is 0 Å². The molecule has 5 N–H and O–H groups in total. The van der Waals surface area contributed by atoms with Crippen LogP contribution in [0.5, 0.6) is 0 Å². The van der Waals surface area contributed by atoms with Gasteiger partial charge in [-0.1, -0.05) is 6.07 Å². The molecule has 1 saturated heterocycles. The summed E-state index contributed by atoms with van der Waals surface area (Å²) < 4.78 is 0. The number of aliphatic hydroxyl groups is 4. The molecule has 0 radical (unpaired) electrons. The van der Waals surface area contributed by atoms with Crippen LogP contribution < -0.4 is 0 Å². The third-order valence-electron chi connectivity index (χ3n) is 4.01. The minimum absolute atomic E-state index is 0.0809. The summed E-state index contributed by atoms with van der Waals surface area (Å²) in [4.78, 5) is 26.5. The van der Waals surface area contributed by atoms with Gasteiger partial charge in [-0.25, -0.2) is 4.79 Å². The number of rotatable bonds is 6. The lowest BCUT2D eigenvalue weighted by molar-refractivity contribution is -0.163. The lowest BCUT2D eigenvalue weighted by Gasteiger charge is -2.21. The summed E-state index contributed by atoms with van der Waals surface area (Å²) in [6, 6.07) is 4.79. The summed E-state index contributed by atoms with van der Waals surface area (Å²) in [6.07, 6.45) is -1.99. The van der Waals surface area contributed by atoms with E-state index in [-0.39, 0.29) is 6.29 Å². The molecule has 0 bridgehead atoms. The van der Waals surface area contributed by atoms with Crippen molar-refractivity contribution < 1.29 is 35.1 Å². The molecule has 25 heavy (non-hydrogen) atoms. The Morgan fingerprint density at radius 2 is 2.00 bits per heavy atom. The molecule has 0 amide bonds. The number of carbonyl (C=O) groups excluding carboxylic acids is 1. The standard InChI is InChI=1S/C10H14N2.C6H10O7/c1-12-7-3-5-10(12)9-4-2-6-11-8-9;7-1-2(8)3(9)4(10)5(11)6(12)13/h2,4,6,8,10H,3,5,7H2,1H3;1-5,8-11H,(H,12,13)/t10-;2-,3+,4-,5-/m00/s1. The summed E-state index contributed by atoms with van der Waals surface area (Å²) >= 11 is 0. The lowest BCUT2D eigenvalue weighted by Crippen LogP contribution is -2.48. The zero-order valence-electron chi connectivity index (χ0n) is 13.8. The molecular formula is C16H24N2O7. The number of pyridine rings is 1. The predicted octanol–water partition coefficient (Wildman–Crippen LogP) is -1.44. The molecule has 140 valence electrons. The minimum Gasteiger partial charge on any atom is -0.479 e. The number of aromatic nitrogens is 1. The maximum absolute atomic E-state index is 10.1. The van der Waals surface area contributed by atoms with Crippen molar-refractivity contribution >= 4 is 12.3 Å². The molecular weight excluding hydrogens is 332 g/mol. The molecule has 1 aromatic rings. The molecule has 0 unspecified atom stereocenters. The van der Waals surface area contributed by atoms with Gasteiger partial charge >= 0.3 is 5.97 Å². The molecule has 9 heteroatoms. The van der Waals surface area contributed by atoms with Crippen LogP contribution in [0.15, 0.2) is 24.5 Å². The molecule has 2 heterocycles. The van der Waals surface area contributed by atoms with Gasteiger partial charge in [0.1, 0.15) is 18.3 Å². The van der Waals surface area contributed by atoms with E-state index in [0.717, 1.165) is 0 Å². The average molecular weight is 356 g/mol. The number of aliphatic hydroxyl groups excluding tert-OH is 4. The van der Waals surface area contributed by atoms with Crippen molar-refractivity contribution in [2.24, 2.45) is 0 Å². The van der Waals surface area contributed by atoms with Gasteiger partial charge in [0.2, 0.25) is 0 Å². The van der Waals surface area contributed by atoms with Crippen LogP contribution in [0.25, 0.3) is 0 Å². The summed E-state index contributed by atoms with van der Waals surface area (Å²) in [6.45, 7) is 1.22. The molecule has 0 aliphatic carbocycles. The zero-order chi connectivity index (χ0) is 19.0. The highest BCUT2D eigenvalue weighted by molar-refractivity contribution is 5.73. The van der Waals surface area contributed by atoms with E-state index in [1.54, 1.807) is 0 Å². The molecule has 0 spiro atoms. The fourth-order valence-electron chi connectivity index (χ4n) is 2.52. The van der Waals surface area contributed by atoms with Crippen LogP contribution >= 0.6 is 0 Å². The van der Waals surface area contributed by atoms with Crippen LogP contribution in [-0.2, 0) is 9.59 Å². The van der Waals surface area contributed by atoms with E-state index in [1.165, 1.54) is 24.9 Å². The molecule has 1 aliphatic heterocycles. The third-order valence-corrected chi connectivity index (χ3v) is 4.01. The largest absolute Gasteiger partial charge is 0.479 e. The highest BCUT2D eigenvalue weighted by atomic mass is 16.4. The Kier molecular flexibility index (Phi) is 8.59. The molecule has 1 fully saturated rings. The maximum atomic E-state index is 10.1. The molecule has 0 saturated carbocycles. The number of aldehydes is 1. The number of nitrogens with zero attached hydrogens (tertiary/aromatic N) is 2. The summed E-state index contributed by atoms with van der Waals surface area (Å²) in [5.74, 6) is -1.76. The van der Waals surface area contributed by atoms with Crippen LogP contribution in [0.2, 0.25) is 0 Å². The molecule has 1 aromatic heterocycles. The Hall–Kier alpha value is -1.91. The van der Waals surface area contributed by atoms with Gasteiger partial charge in [-0.05, 0) is 38.1 Å². The highest BCUT2D eigenvalue weighted by Gasteiger charge is 2.34. The quantitative estimate of drug-likeness (QED) is 0.386. The first kappa shape index (κ1) is 21.1.